The molecule has 0 aliphatic carbocycles. The van der Waals surface area contributed by atoms with Crippen molar-refractivity contribution in [1.82, 2.24) is 0 Å². The lowest BCUT2D eigenvalue weighted by atomic mass is 9.90. The normalized spacial score (nSPS) is 26.7. The number of carboxylic acids is 1. The van der Waals surface area contributed by atoms with E-state index in [1.54, 1.807) is 0 Å². The molecule has 0 radical (unpaired) electrons. The Morgan fingerprint density at radius 1 is 1.00 bits per heavy atom. The fraction of sp³-hybridized carbons (Fsp3) is 0.471. The van der Waals surface area contributed by atoms with Gasteiger partial charge in [-0.25, -0.2) is 4.79 Å². The van der Waals surface area contributed by atoms with E-state index in [-0.39, 0.29) is 12.2 Å². The highest BCUT2D eigenvalue weighted by Gasteiger charge is 2.33. The summed E-state index contributed by atoms with van der Waals surface area (Å²) in [4.78, 5) is 11.9. The van der Waals surface area contributed by atoms with E-state index in [0.29, 0.717) is 18.8 Å². The average molecular weight is 288 g/mol. The van der Waals surface area contributed by atoms with Crippen LogP contribution in [-0.4, -0.2) is 36.5 Å². The summed E-state index contributed by atoms with van der Waals surface area (Å²) in [6.45, 7) is 1.33. The Kier molecular flexibility index (Phi) is 4.36. The van der Waals surface area contributed by atoms with Crippen molar-refractivity contribution in [2.45, 2.75) is 37.9 Å². The van der Waals surface area contributed by atoms with Crippen LogP contribution in [0.5, 0.6) is 0 Å². The van der Waals surface area contributed by atoms with Gasteiger partial charge in [0.2, 0.25) is 0 Å². The molecular formula is C17H20O4. The van der Waals surface area contributed by atoms with Crippen LogP contribution < -0.4 is 0 Å². The monoisotopic (exact) mass is 288 g/mol. The number of ether oxygens (including phenoxy) is 2. The minimum Gasteiger partial charge on any atom is -0.478 e. The number of carboxylic acid groups (broad SMARTS) is 1. The first-order valence-electron chi connectivity index (χ1n) is 7.53. The Balaban J connectivity index is 2.09. The smallest absolute Gasteiger partial charge is 0.334 e. The van der Waals surface area contributed by atoms with Crippen molar-refractivity contribution in [3.63, 3.8) is 0 Å². The van der Waals surface area contributed by atoms with Crippen LogP contribution in [0.25, 0.3) is 5.57 Å². The second kappa shape index (κ2) is 6.41. The van der Waals surface area contributed by atoms with Crippen molar-refractivity contribution in [3.05, 3.63) is 41.5 Å². The molecule has 2 unspecified atom stereocenters. The second-order valence-electron chi connectivity index (χ2n) is 5.50. The molecule has 2 saturated heterocycles. The molecule has 4 heteroatoms. The molecular weight excluding hydrogens is 268 g/mol. The maximum absolute atomic E-state index is 11.9. The van der Waals surface area contributed by atoms with Crippen LogP contribution in [0.15, 0.2) is 35.9 Å². The predicted molar refractivity (Wildman–Crippen MR) is 78.9 cm³/mol. The summed E-state index contributed by atoms with van der Waals surface area (Å²) in [5.41, 5.74) is 2.11. The summed E-state index contributed by atoms with van der Waals surface area (Å²) in [6, 6.07) is 9.70. The molecule has 0 spiro atoms. The van der Waals surface area contributed by atoms with Gasteiger partial charge in [-0.2, -0.15) is 0 Å². The zero-order valence-electron chi connectivity index (χ0n) is 12.0. The molecule has 1 N–H and O–H groups in total. The molecule has 0 aromatic heterocycles. The van der Waals surface area contributed by atoms with Gasteiger partial charge in [0, 0.05) is 18.8 Å². The Morgan fingerprint density at radius 3 is 2.14 bits per heavy atom. The molecule has 0 saturated carbocycles. The van der Waals surface area contributed by atoms with Crippen molar-refractivity contribution in [1.29, 1.82) is 0 Å². The van der Waals surface area contributed by atoms with Crippen molar-refractivity contribution in [3.8, 4) is 0 Å². The number of hydrogen-bond donors (Lipinski definition) is 1. The van der Waals surface area contributed by atoms with Crippen LogP contribution in [0.2, 0.25) is 0 Å². The van der Waals surface area contributed by atoms with Crippen LogP contribution in [0.3, 0.4) is 0 Å². The third-order valence-electron chi connectivity index (χ3n) is 4.11. The Morgan fingerprint density at radius 2 is 1.62 bits per heavy atom. The van der Waals surface area contributed by atoms with Gasteiger partial charge in [0.05, 0.1) is 17.8 Å². The van der Waals surface area contributed by atoms with Crippen LogP contribution in [0.4, 0.5) is 0 Å². The first kappa shape index (κ1) is 14.3. The summed E-state index contributed by atoms with van der Waals surface area (Å²) < 4.78 is 11.4. The highest BCUT2D eigenvalue weighted by atomic mass is 16.5. The summed E-state index contributed by atoms with van der Waals surface area (Å²) in [6.07, 6.45) is 3.07. The predicted octanol–water partition coefficient (Wildman–Crippen LogP) is 2.88. The summed E-state index contributed by atoms with van der Waals surface area (Å²) in [7, 11) is 0. The first-order valence-corrected chi connectivity index (χ1v) is 7.53. The number of carbonyl (C=O) groups is 1. The lowest BCUT2D eigenvalue weighted by Gasteiger charge is -2.21. The molecule has 2 aliphatic heterocycles. The number of rotatable bonds is 4. The van der Waals surface area contributed by atoms with Crippen LogP contribution in [0, 0.1) is 0 Å². The molecule has 21 heavy (non-hydrogen) atoms. The summed E-state index contributed by atoms with van der Waals surface area (Å²) >= 11 is 0. The standard InChI is InChI=1S/C17H20O4/c18-17(19)16(14-9-5-11-21-14)15(13-8-4-10-20-13)12-6-2-1-3-7-12/h1-3,6-7,13-14H,4-5,8-11H2,(H,18,19)/b16-15-. The molecule has 3 rings (SSSR count). The van der Waals surface area contributed by atoms with Gasteiger partial charge in [0.15, 0.2) is 0 Å². The molecule has 2 fully saturated rings. The topological polar surface area (TPSA) is 55.8 Å². The highest BCUT2D eigenvalue weighted by Crippen LogP contribution is 2.35. The van der Waals surface area contributed by atoms with Gasteiger partial charge in [-0.3, -0.25) is 0 Å². The molecule has 2 heterocycles. The van der Waals surface area contributed by atoms with Gasteiger partial charge in [-0.1, -0.05) is 30.3 Å². The molecule has 2 atom stereocenters. The number of hydrogen-bond acceptors (Lipinski definition) is 3. The van der Waals surface area contributed by atoms with Crippen LogP contribution >= 0.6 is 0 Å². The quantitative estimate of drug-likeness (QED) is 0.866. The largest absolute Gasteiger partial charge is 0.478 e. The Labute approximate surface area is 124 Å². The molecule has 4 nitrogen and oxygen atoms in total. The van der Waals surface area contributed by atoms with E-state index in [9.17, 15) is 9.90 Å². The Hall–Kier alpha value is -1.65. The minimum atomic E-state index is -0.892. The van der Waals surface area contributed by atoms with E-state index in [1.165, 1.54) is 0 Å². The van der Waals surface area contributed by atoms with E-state index in [0.717, 1.165) is 36.8 Å². The Bertz CT molecular complexity index is 523. The van der Waals surface area contributed by atoms with E-state index >= 15 is 0 Å². The van der Waals surface area contributed by atoms with Crippen LogP contribution in [-0.2, 0) is 14.3 Å². The fourth-order valence-electron chi connectivity index (χ4n) is 3.17. The molecule has 0 bridgehead atoms. The summed E-state index contributed by atoms with van der Waals surface area (Å²) in [5, 5.41) is 9.73. The van der Waals surface area contributed by atoms with E-state index in [2.05, 4.69) is 0 Å². The van der Waals surface area contributed by atoms with E-state index in [4.69, 9.17) is 9.47 Å². The molecule has 2 aliphatic rings. The van der Waals surface area contributed by atoms with E-state index < -0.39 is 5.97 Å². The molecule has 112 valence electrons. The van der Waals surface area contributed by atoms with Crippen molar-refractivity contribution >= 4 is 11.5 Å². The maximum Gasteiger partial charge on any atom is 0.334 e. The lowest BCUT2D eigenvalue weighted by Crippen LogP contribution is -2.23. The molecule has 0 amide bonds. The fourth-order valence-corrected chi connectivity index (χ4v) is 3.17. The number of aliphatic carboxylic acids is 1. The number of benzene rings is 1. The summed E-state index contributed by atoms with van der Waals surface area (Å²) in [5.74, 6) is -0.892. The molecule has 1 aromatic rings. The van der Waals surface area contributed by atoms with Gasteiger partial charge in [-0.05, 0) is 31.2 Å². The van der Waals surface area contributed by atoms with Gasteiger partial charge < -0.3 is 14.6 Å². The van der Waals surface area contributed by atoms with Gasteiger partial charge >= 0.3 is 5.97 Å². The first-order chi connectivity index (χ1) is 10.3. The van der Waals surface area contributed by atoms with Gasteiger partial charge in [-0.15, -0.1) is 0 Å². The lowest BCUT2D eigenvalue weighted by molar-refractivity contribution is -0.133. The highest BCUT2D eigenvalue weighted by molar-refractivity contribution is 5.98. The average Bonchev–Trinajstić information content (AvgIpc) is 3.18. The SMILES string of the molecule is O=C(O)/C(=C(/c1ccccc1)C1CCCO1)C1CCCO1. The van der Waals surface area contributed by atoms with Crippen molar-refractivity contribution in [2.24, 2.45) is 0 Å². The zero-order valence-corrected chi connectivity index (χ0v) is 12.0. The van der Waals surface area contributed by atoms with Crippen molar-refractivity contribution in [2.75, 3.05) is 13.2 Å². The third kappa shape index (κ3) is 3.01. The van der Waals surface area contributed by atoms with Crippen LogP contribution in [0.1, 0.15) is 31.2 Å². The van der Waals surface area contributed by atoms with Gasteiger partial charge in [0.1, 0.15) is 0 Å². The third-order valence-corrected chi connectivity index (χ3v) is 4.11. The molecule has 1 aromatic carbocycles. The van der Waals surface area contributed by atoms with Crippen molar-refractivity contribution < 1.29 is 19.4 Å². The second-order valence-corrected chi connectivity index (χ2v) is 5.50. The maximum atomic E-state index is 11.9. The zero-order chi connectivity index (χ0) is 14.7. The van der Waals surface area contributed by atoms with Gasteiger partial charge in [0.25, 0.3) is 0 Å². The van der Waals surface area contributed by atoms with E-state index in [1.807, 2.05) is 30.3 Å². The minimum absolute atomic E-state index is 0.136.